The van der Waals surface area contributed by atoms with Crippen molar-refractivity contribution in [3.63, 3.8) is 0 Å². The quantitative estimate of drug-likeness (QED) is 0.616. The van der Waals surface area contributed by atoms with E-state index in [0.29, 0.717) is 0 Å². The van der Waals surface area contributed by atoms with Gasteiger partial charge in [-0.25, -0.2) is 0 Å². The van der Waals surface area contributed by atoms with E-state index >= 15 is 0 Å². The van der Waals surface area contributed by atoms with Crippen LogP contribution < -0.4 is 0 Å². The number of likely N-dealkylation sites (N-methyl/N-ethyl adjacent to an activating group) is 1. The summed E-state index contributed by atoms with van der Waals surface area (Å²) in [5.74, 6) is 1.01. The molecule has 2 rings (SSSR count). The monoisotopic (exact) mass is 253 g/mol. The molecule has 1 saturated heterocycles. The van der Waals surface area contributed by atoms with Crippen molar-refractivity contribution in [3.8, 4) is 0 Å². The number of hydrogen-bond acceptors (Lipinski definition) is 2. The first-order valence-corrected chi connectivity index (χ1v) is 5.41. The van der Waals surface area contributed by atoms with Gasteiger partial charge in [0, 0.05) is 19.2 Å². The Hall–Kier alpha value is -0.920. The van der Waals surface area contributed by atoms with E-state index in [-0.39, 0.29) is 0 Å². The van der Waals surface area contributed by atoms with Crippen LogP contribution in [0.15, 0.2) is 39.9 Å². The predicted octanol–water partition coefficient (Wildman–Crippen LogP) is 2.55. The van der Waals surface area contributed by atoms with Gasteiger partial charge in [-0.15, -0.1) is 5.73 Å². The minimum absolute atomic E-state index is 0.750. The first-order chi connectivity index (χ1) is 6.75. The molecule has 0 N–H and O–H groups in total. The van der Waals surface area contributed by atoms with Crippen molar-refractivity contribution in [3.05, 3.63) is 39.9 Å². The number of hydrogen-bond donors (Lipinski definition) is 0. The Morgan fingerprint density at radius 1 is 1.57 bits per heavy atom. The van der Waals surface area contributed by atoms with E-state index < -0.39 is 0 Å². The third-order valence-corrected chi connectivity index (χ3v) is 2.80. The molecule has 0 saturated carbocycles. The lowest BCUT2D eigenvalue weighted by Gasteiger charge is -2.17. The average molecular weight is 254 g/mol. The largest absolute Gasteiger partial charge is 0.496 e. The Kier molecular flexibility index (Phi) is 2.80. The Morgan fingerprint density at radius 3 is 3.29 bits per heavy atom. The molecule has 14 heavy (non-hydrogen) atoms. The third kappa shape index (κ3) is 2.11. The van der Waals surface area contributed by atoms with E-state index in [2.05, 4.69) is 39.7 Å². The summed E-state index contributed by atoms with van der Waals surface area (Å²) in [6, 6.07) is 0. The predicted molar refractivity (Wildman–Crippen MR) is 59.9 cm³/mol. The summed E-state index contributed by atoms with van der Waals surface area (Å²) in [6.07, 6.45) is 6.88. The maximum atomic E-state index is 5.62. The zero-order valence-corrected chi connectivity index (χ0v) is 9.67. The van der Waals surface area contributed by atoms with Crippen LogP contribution in [-0.2, 0) is 4.74 Å². The molecule has 2 aliphatic rings. The maximum absolute atomic E-state index is 5.62. The maximum Gasteiger partial charge on any atom is 0.105 e. The van der Waals surface area contributed by atoms with E-state index in [1.165, 1.54) is 5.70 Å². The molecule has 0 atom stereocenters. The fourth-order valence-corrected chi connectivity index (χ4v) is 1.89. The Bertz CT molecular complexity index is 361. The minimum Gasteiger partial charge on any atom is -0.496 e. The highest BCUT2D eigenvalue weighted by atomic mass is 79.9. The highest BCUT2D eigenvalue weighted by Gasteiger charge is 2.14. The molecule has 1 fully saturated rings. The van der Waals surface area contributed by atoms with Crippen molar-refractivity contribution in [2.24, 2.45) is 0 Å². The Labute approximate surface area is 92.4 Å². The summed E-state index contributed by atoms with van der Waals surface area (Å²) < 4.78 is 6.56. The van der Waals surface area contributed by atoms with Gasteiger partial charge in [-0.1, -0.05) is 0 Å². The number of fused-ring (bicyclic) bond motifs is 2. The lowest BCUT2D eigenvalue weighted by molar-refractivity contribution is 0.206. The van der Waals surface area contributed by atoms with Crippen LogP contribution >= 0.6 is 15.9 Å². The smallest absolute Gasteiger partial charge is 0.105 e. The molecule has 1 aliphatic carbocycles. The molecule has 0 aromatic carbocycles. The second-order valence-electron chi connectivity index (χ2n) is 3.37. The lowest BCUT2D eigenvalue weighted by atomic mass is 10.2. The van der Waals surface area contributed by atoms with Crippen LogP contribution in [0.2, 0.25) is 0 Å². The normalized spacial score (nSPS) is 24.7. The second-order valence-corrected chi connectivity index (χ2v) is 4.23. The molecule has 2 bridgehead atoms. The molecule has 1 aliphatic heterocycles. The van der Waals surface area contributed by atoms with Gasteiger partial charge in [-0.2, -0.15) is 0 Å². The van der Waals surface area contributed by atoms with Crippen LogP contribution in [-0.4, -0.2) is 25.1 Å². The van der Waals surface area contributed by atoms with E-state index in [1.54, 1.807) is 0 Å². The van der Waals surface area contributed by atoms with Crippen LogP contribution in [0.25, 0.3) is 0 Å². The SMILES string of the molecule is CN1CCO/C2=C/C(Br)=C=CC=C1C2. The van der Waals surface area contributed by atoms with Gasteiger partial charge in [0.15, 0.2) is 0 Å². The van der Waals surface area contributed by atoms with Crippen LogP contribution in [0.1, 0.15) is 6.42 Å². The summed E-state index contributed by atoms with van der Waals surface area (Å²) in [6.45, 7) is 1.69. The third-order valence-electron chi connectivity index (χ3n) is 2.34. The minimum atomic E-state index is 0.750. The standard InChI is InChI=1S/C11H12BrNO/c1-13-5-6-14-11-7-9(12)3-2-4-10(13)8-11/h2,4,7H,5-6,8H2,1H3/b10-4?,11-7+. The summed E-state index contributed by atoms with van der Waals surface area (Å²) >= 11 is 3.41. The number of nitrogens with zero attached hydrogens (tertiary/aromatic N) is 1. The molecule has 3 heteroatoms. The van der Waals surface area contributed by atoms with E-state index in [4.69, 9.17) is 4.74 Å². The Balaban J connectivity index is 2.41. The number of halogens is 1. The zero-order valence-electron chi connectivity index (χ0n) is 8.09. The molecule has 2 nitrogen and oxygen atoms in total. The second kappa shape index (κ2) is 4.07. The van der Waals surface area contributed by atoms with E-state index in [0.717, 1.165) is 29.8 Å². The van der Waals surface area contributed by atoms with Gasteiger partial charge in [-0.05, 0) is 34.2 Å². The average Bonchev–Trinajstić information content (AvgIpc) is 2.27. The molecule has 1 heterocycles. The highest BCUT2D eigenvalue weighted by Crippen LogP contribution is 2.23. The molecule has 0 unspecified atom stereocenters. The van der Waals surface area contributed by atoms with Gasteiger partial charge >= 0.3 is 0 Å². The van der Waals surface area contributed by atoms with Crippen LogP contribution in [0.5, 0.6) is 0 Å². The molecule has 0 amide bonds. The zero-order chi connectivity index (χ0) is 9.97. The fourth-order valence-electron chi connectivity index (χ4n) is 1.50. The Morgan fingerprint density at radius 2 is 2.43 bits per heavy atom. The van der Waals surface area contributed by atoms with Crippen LogP contribution in [0, 0.1) is 0 Å². The van der Waals surface area contributed by atoms with Gasteiger partial charge in [0.1, 0.15) is 12.4 Å². The molecule has 0 aromatic heterocycles. The fraction of sp³-hybridized carbons (Fsp3) is 0.364. The van der Waals surface area contributed by atoms with Crippen molar-refractivity contribution in [1.82, 2.24) is 4.90 Å². The molecular formula is C11H12BrNO. The van der Waals surface area contributed by atoms with Crippen molar-refractivity contribution in [2.45, 2.75) is 6.42 Å². The number of ether oxygens (including phenoxy) is 1. The first-order valence-electron chi connectivity index (χ1n) is 4.61. The van der Waals surface area contributed by atoms with E-state index in [9.17, 15) is 0 Å². The summed E-state index contributed by atoms with van der Waals surface area (Å²) in [4.78, 5) is 2.22. The van der Waals surface area contributed by atoms with Crippen molar-refractivity contribution < 1.29 is 4.74 Å². The van der Waals surface area contributed by atoms with Gasteiger partial charge in [0.05, 0.1) is 11.0 Å². The molecular weight excluding hydrogens is 242 g/mol. The van der Waals surface area contributed by atoms with Crippen molar-refractivity contribution >= 4 is 15.9 Å². The molecule has 74 valence electrons. The summed E-state index contributed by atoms with van der Waals surface area (Å²) in [7, 11) is 2.09. The molecule has 0 aromatic rings. The number of allylic oxidation sites excluding steroid dienone is 3. The van der Waals surface area contributed by atoms with Crippen molar-refractivity contribution in [2.75, 3.05) is 20.2 Å². The van der Waals surface area contributed by atoms with Gasteiger partial charge in [0.25, 0.3) is 0 Å². The van der Waals surface area contributed by atoms with Gasteiger partial charge < -0.3 is 9.64 Å². The van der Waals surface area contributed by atoms with Crippen LogP contribution in [0.4, 0.5) is 0 Å². The van der Waals surface area contributed by atoms with Crippen molar-refractivity contribution in [1.29, 1.82) is 0 Å². The molecule has 0 spiro atoms. The summed E-state index contributed by atoms with van der Waals surface area (Å²) in [5.41, 5.74) is 4.39. The van der Waals surface area contributed by atoms with Gasteiger partial charge in [-0.3, -0.25) is 0 Å². The van der Waals surface area contributed by atoms with Gasteiger partial charge in [0.2, 0.25) is 0 Å². The topological polar surface area (TPSA) is 12.5 Å². The number of rotatable bonds is 0. The molecule has 0 radical (unpaired) electrons. The highest BCUT2D eigenvalue weighted by molar-refractivity contribution is 9.11. The first kappa shape index (κ1) is 9.63. The van der Waals surface area contributed by atoms with E-state index in [1.807, 2.05) is 12.2 Å². The van der Waals surface area contributed by atoms with Crippen LogP contribution in [0.3, 0.4) is 0 Å². The lowest BCUT2D eigenvalue weighted by Crippen LogP contribution is -2.19. The summed E-state index contributed by atoms with van der Waals surface area (Å²) in [5, 5.41) is 0.